The Morgan fingerprint density at radius 3 is 2.77 bits per heavy atom. The van der Waals surface area contributed by atoms with E-state index in [2.05, 4.69) is 60.6 Å². The second-order valence-corrected chi connectivity index (χ2v) is 7.25. The number of hydrogen-bond donors (Lipinski definition) is 1. The molecule has 2 atom stereocenters. The van der Waals surface area contributed by atoms with Gasteiger partial charge in [-0.3, -0.25) is 0 Å². The molecule has 0 bridgehead atoms. The number of nitriles is 1. The van der Waals surface area contributed by atoms with Gasteiger partial charge in [-0.25, -0.2) is 0 Å². The standard InChI is InChI=1S/C22H26N2.CH5N/c1-16-4-6-20(7-5-16)17(2)12-19-10-11-24(15-19)22-9-8-21(14-23)18(3)13-22;1-2/h4,6-9,13,16,19H,2,5,10-12,15H2,1,3H3;2H2,1H3. The highest BCUT2D eigenvalue weighted by Crippen LogP contribution is 2.31. The van der Waals surface area contributed by atoms with E-state index >= 15 is 0 Å². The van der Waals surface area contributed by atoms with Crippen LogP contribution < -0.4 is 10.6 Å². The monoisotopic (exact) mass is 349 g/mol. The normalized spacial score (nSPS) is 21.5. The molecular weight excluding hydrogens is 318 g/mol. The molecule has 2 unspecified atom stereocenters. The highest BCUT2D eigenvalue weighted by molar-refractivity contribution is 5.54. The molecular formula is C23H31N3. The van der Waals surface area contributed by atoms with Gasteiger partial charge in [-0.1, -0.05) is 31.7 Å². The molecule has 1 aromatic rings. The van der Waals surface area contributed by atoms with Crippen molar-refractivity contribution in [3.05, 3.63) is 65.3 Å². The number of hydrogen-bond acceptors (Lipinski definition) is 3. The fraction of sp³-hybridized carbons (Fsp3) is 0.435. The maximum Gasteiger partial charge on any atom is 0.0994 e. The van der Waals surface area contributed by atoms with Crippen LogP contribution in [0.3, 0.4) is 0 Å². The lowest BCUT2D eigenvalue weighted by Crippen LogP contribution is -2.20. The summed E-state index contributed by atoms with van der Waals surface area (Å²) < 4.78 is 0. The molecule has 0 radical (unpaired) electrons. The first kappa shape index (κ1) is 20.0. The molecule has 3 heteroatoms. The van der Waals surface area contributed by atoms with E-state index in [0.717, 1.165) is 37.1 Å². The van der Waals surface area contributed by atoms with E-state index in [1.165, 1.54) is 30.3 Å². The predicted molar refractivity (Wildman–Crippen MR) is 111 cm³/mol. The Morgan fingerprint density at radius 1 is 1.38 bits per heavy atom. The Balaban J connectivity index is 0.00000117. The van der Waals surface area contributed by atoms with E-state index in [9.17, 15) is 0 Å². The maximum atomic E-state index is 9.07. The van der Waals surface area contributed by atoms with Gasteiger partial charge in [0.15, 0.2) is 0 Å². The minimum atomic E-state index is 0.656. The van der Waals surface area contributed by atoms with Crippen molar-refractivity contribution in [2.75, 3.05) is 25.0 Å². The number of aryl methyl sites for hydroxylation is 1. The molecule has 1 saturated heterocycles. The summed E-state index contributed by atoms with van der Waals surface area (Å²) in [5.74, 6) is 1.32. The fourth-order valence-electron chi connectivity index (χ4n) is 3.66. The summed E-state index contributed by atoms with van der Waals surface area (Å²) in [5, 5.41) is 9.07. The average Bonchev–Trinajstić information content (AvgIpc) is 3.12. The number of anilines is 1. The largest absolute Gasteiger partial charge is 0.371 e. The first-order valence-electron chi connectivity index (χ1n) is 9.46. The topological polar surface area (TPSA) is 53.0 Å². The van der Waals surface area contributed by atoms with Gasteiger partial charge in [-0.2, -0.15) is 5.26 Å². The number of nitrogens with two attached hydrogens (primary N) is 1. The summed E-state index contributed by atoms with van der Waals surface area (Å²) in [4.78, 5) is 2.44. The van der Waals surface area contributed by atoms with Crippen LogP contribution in [0.25, 0.3) is 0 Å². The second kappa shape index (κ2) is 9.40. The van der Waals surface area contributed by atoms with Crippen molar-refractivity contribution in [3.8, 4) is 6.07 Å². The van der Waals surface area contributed by atoms with E-state index < -0.39 is 0 Å². The molecule has 0 spiro atoms. The molecule has 1 fully saturated rings. The average molecular weight is 350 g/mol. The van der Waals surface area contributed by atoms with E-state index in [-0.39, 0.29) is 0 Å². The lowest BCUT2D eigenvalue weighted by Gasteiger charge is -2.20. The van der Waals surface area contributed by atoms with Crippen LogP contribution in [0.5, 0.6) is 0 Å². The molecule has 0 saturated carbocycles. The van der Waals surface area contributed by atoms with Crippen molar-refractivity contribution < 1.29 is 0 Å². The minimum Gasteiger partial charge on any atom is -0.371 e. The van der Waals surface area contributed by atoms with E-state index in [1.54, 1.807) is 0 Å². The van der Waals surface area contributed by atoms with Crippen LogP contribution in [0, 0.1) is 30.1 Å². The van der Waals surface area contributed by atoms with Crippen molar-refractivity contribution in [2.45, 2.75) is 33.1 Å². The summed E-state index contributed by atoms with van der Waals surface area (Å²) in [6.45, 7) is 10.8. The lowest BCUT2D eigenvalue weighted by molar-refractivity contribution is 0.586. The summed E-state index contributed by atoms with van der Waals surface area (Å²) in [6.07, 6.45) is 10.3. The molecule has 1 aliphatic heterocycles. The Bertz CT molecular complexity index is 736. The molecule has 1 heterocycles. The van der Waals surface area contributed by atoms with Crippen LogP contribution >= 0.6 is 0 Å². The van der Waals surface area contributed by atoms with Crippen LogP contribution in [0.4, 0.5) is 5.69 Å². The summed E-state index contributed by atoms with van der Waals surface area (Å²) in [5.41, 5.74) is 10.2. The van der Waals surface area contributed by atoms with E-state index in [1.807, 2.05) is 13.0 Å². The van der Waals surface area contributed by atoms with Gasteiger partial charge in [0.1, 0.15) is 0 Å². The lowest BCUT2D eigenvalue weighted by atomic mass is 9.89. The highest BCUT2D eigenvalue weighted by atomic mass is 15.1. The van der Waals surface area contributed by atoms with Crippen molar-refractivity contribution in [3.63, 3.8) is 0 Å². The number of allylic oxidation sites excluding steroid dienone is 5. The van der Waals surface area contributed by atoms with Crippen LogP contribution in [0.2, 0.25) is 0 Å². The van der Waals surface area contributed by atoms with E-state index in [0.29, 0.717) is 11.8 Å². The van der Waals surface area contributed by atoms with Crippen LogP contribution in [0.15, 0.2) is 54.2 Å². The summed E-state index contributed by atoms with van der Waals surface area (Å²) in [6, 6.07) is 8.41. The van der Waals surface area contributed by atoms with Gasteiger partial charge in [0, 0.05) is 18.8 Å². The highest BCUT2D eigenvalue weighted by Gasteiger charge is 2.24. The fourth-order valence-corrected chi connectivity index (χ4v) is 3.66. The minimum absolute atomic E-state index is 0.656. The Hall–Kier alpha value is -2.31. The zero-order chi connectivity index (χ0) is 19.1. The molecule has 3 nitrogen and oxygen atoms in total. The molecule has 0 amide bonds. The Morgan fingerprint density at radius 2 is 2.15 bits per heavy atom. The third-order valence-electron chi connectivity index (χ3n) is 5.24. The van der Waals surface area contributed by atoms with Gasteiger partial charge in [0.05, 0.1) is 11.6 Å². The van der Waals surface area contributed by atoms with Crippen molar-refractivity contribution in [1.82, 2.24) is 0 Å². The number of nitrogens with zero attached hydrogens (tertiary/aromatic N) is 2. The molecule has 26 heavy (non-hydrogen) atoms. The van der Waals surface area contributed by atoms with Crippen molar-refractivity contribution in [2.24, 2.45) is 17.6 Å². The molecule has 0 aromatic heterocycles. The smallest absolute Gasteiger partial charge is 0.0994 e. The Labute approximate surface area is 158 Å². The second-order valence-electron chi connectivity index (χ2n) is 7.25. The molecule has 2 N–H and O–H groups in total. The van der Waals surface area contributed by atoms with Crippen LogP contribution in [0.1, 0.15) is 37.3 Å². The SMILES string of the molecule is C=C(CC1CCN(c2ccc(C#N)c(C)c2)C1)C1=CCC(C)C=C1.CN. The van der Waals surface area contributed by atoms with Crippen molar-refractivity contribution >= 4 is 5.69 Å². The maximum absolute atomic E-state index is 9.07. The Kier molecular flexibility index (Phi) is 7.24. The predicted octanol–water partition coefficient (Wildman–Crippen LogP) is 4.74. The van der Waals surface area contributed by atoms with Crippen LogP contribution in [-0.2, 0) is 0 Å². The molecule has 2 aliphatic rings. The zero-order valence-corrected chi connectivity index (χ0v) is 16.3. The third kappa shape index (κ3) is 4.86. The molecule has 138 valence electrons. The van der Waals surface area contributed by atoms with Crippen molar-refractivity contribution in [1.29, 1.82) is 5.26 Å². The number of rotatable bonds is 4. The van der Waals surface area contributed by atoms with Gasteiger partial charge in [0.25, 0.3) is 0 Å². The van der Waals surface area contributed by atoms with Gasteiger partial charge in [-0.05, 0) is 80.0 Å². The first-order chi connectivity index (χ1) is 12.6. The summed E-state index contributed by atoms with van der Waals surface area (Å²) >= 11 is 0. The van der Waals surface area contributed by atoms with Gasteiger partial charge < -0.3 is 10.6 Å². The summed E-state index contributed by atoms with van der Waals surface area (Å²) in [7, 11) is 1.50. The molecule has 3 rings (SSSR count). The molecule has 1 aliphatic carbocycles. The van der Waals surface area contributed by atoms with Crippen LogP contribution in [-0.4, -0.2) is 20.1 Å². The van der Waals surface area contributed by atoms with E-state index in [4.69, 9.17) is 5.26 Å². The van der Waals surface area contributed by atoms with Gasteiger partial charge >= 0.3 is 0 Å². The first-order valence-corrected chi connectivity index (χ1v) is 9.46. The van der Waals surface area contributed by atoms with Gasteiger partial charge in [-0.15, -0.1) is 0 Å². The third-order valence-corrected chi connectivity index (χ3v) is 5.24. The number of benzene rings is 1. The quantitative estimate of drug-likeness (QED) is 0.854. The molecule has 1 aromatic carbocycles. The zero-order valence-electron chi connectivity index (χ0n) is 16.3. The van der Waals surface area contributed by atoms with Gasteiger partial charge in [0.2, 0.25) is 0 Å².